The van der Waals surface area contributed by atoms with Crippen LogP contribution in [-0.2, 0) is 17.8 Å². The summed E-state index contributed by atoms with van der Waals surface area (Å²) in [7, 11) is 0. The van der Waals surface area contributed by atoms with Crippen molar-refractivity contribution in [1.82, 2.24) is 5.32 Å². The number of amides is 1. The second-order valence-electron chi connectivity index (χ2n) is 7.56. The number of rotatable bonds is 11. The predicted octanol–water partition coefficient (Wildman–Crippen LogP) is 5.01. The summed E-state index contributed by atoms with van der Waals surface area (Å²) in [5.41, 5.74) is 2.83. The molecule has 0 radical (unpaired) electrons. The number of hydrogen-bond acceptors (Lipinski definition) is 3. The molecule has 0 unspecified atom stereocenters. The van der Waals surface area contributed by atoms with Crippen molar-refractivity contribution in [3.8, 4) is 5.75 Å². The molecule has 28 heavy (non-hydrogen) atoms. The van der Waals surface area contributed by atoms with Crippen LogP contribution in [0, 0.1) is 5.92 Å². The lowest BCUT2D eigenvalue weighted by molar-refractivity contribution is 0.0927. The van der Waals surface area contributed by atoms with Crippen molar-refractivity contribution in [2.45, 2.75) is 53.2 Å². The lowest BCUT2D eigenvalue weighted by Crippen LogP contribution is -2.33. The topological polar surface area (TPSA) is 47.6 Å². The molecule has 0 saturated carbocycles. The third-order valence-electron chi connectivity index (χ3n) is 4.42. The molecule has 1 atom stereocenters. The van der Waals surface area contributed by atoms with E-state index in [1.807, 2.05) is 50.2 Å². The Kier molecular flexibility index (Phi) is 9.02. The Labute approximate surface area is 169 Å². The van der Waals surface area contributed by atoms with Crippen LogP contribution in [0.3, 0.4) is 0 Å². The van der Waals surface area contributed by atoms with E-state index < -0.39 is 0 Å². The molecule has 2 rings (SSSR count). The number of aryl methyl sites for hydroxylation is 1. The molecule has 0 aliphatic rings. The molecule has 1 amide bonds. The van der Waals surface area contributed by atoms with Gasteiger partial charge >= 0.3 is 0 Å². The Balaban J connectivity index is 1.96. The average molecular weight is 384 g/mol. The van der Waals surface area contributed by atoms with Crippen LogP contribution in [0.1, 0.15) is 55.6 Å². The zero-order chi connectivity index (χ0) is 20.4. The Morgan fingerprint density at radius 2 is 1.82 bits per heavy atom. The number of hydrogen-bond donors (Lipinski definition) is 1. The second-order valence-corrected chi connectivity index (χ2v) is 7.56. The third-order valence-corrected chi connectivity index (χ3v) is 4.42. The molecule has 4 heteroatoms. The molecule has 0 aromatic heterocycles. The van der Waals surface area contributed by atoms with E-state index in [-0.39, 0.29) is 11.9 Å². The number of ether oxygens (including phenoxy) is 2. The summed E-state index contributed by atoms with van der Waals surface area (Å²) in [5, 5.41) is 3.10. The first-order valence-corrected chi connectivity index (χ1v) is 10.2. The van der Waals surface area contributed by atoms with Crippen LogP contribution in [0.15, 0.2) is 48.5 Å². The largest absolute Gasteiger partial charge is 0.494 e. The molecule has 0 fully saturated rings. The Morgan fingerprint density at radius 1 is 1.07 bits per heavy atom. The fourth-order valence-electron chi connectivity index (χ4n) is 2.94. The minimum Gasteiger partial charge on any atom is -0.494 e. The fourth-order valence-corrected chi connectivity index (χ4v) is 2.94. The fraction of sp³-hybridized carbons (Fsp3) is 0.458. The van der Waals surface area contributed by atoms with E-state index in [2.05, 4.69) is 31.3 Å². The van der Waals surface area contributed by atoms with E-state index in [9.17, 15) is 4.79 Å². The summed E-state index contributed by atoms with van der Waals surface area (Å²) in [4.78, 5) is 12.7. The highest BCUT2D eigenvalue weighted by Crippen LogP contribution is 2.22. The van der Waals surface area contributed by atoms with Crippen LogP contribution in [0.2, 0.25) is 0 Å². The van der Waals surface area contributed by atoms with Gasteiger partial charge in [-0.2, -0.15) is 0 Å². The van der Waals surface area contributed by atoms with Gasteiger partial charge in [-0.15, -0.1) is 0 Å². The molecule has 0 aliphatic heterocycles. The van der Waals surface area contributed by atoms with Crippen molar-refractivity contribution in [3.05, 3.63) is 65.2 Å². The van der Waals surface area contributed by atoms with Gasteiger partial charge in [0.2, 0.25) is 0 Å². The highest BCUT2D eigenvalue weighted by Gasteiger charge is 2.13. The molecule has 0 saturated heterocycles. The van der Waals surface area contributed by atoms with Gasteiger partial charge in [-0.25, -0.2) is 0 Å². The number of nitrogens with one attached hydrogen (secondary N) is 1. The van der Waals surface area contributed by atoms with Crippen molar-refractivity contribution in [3.63, 3.8) is 0 Å². The lowest BCUT2D eigenvalue weighted by Gasteiger charge is -2.16. The molecule has 152 valence electrons. The Bertz CT molecular complexity index is 728. The second kappa shape index (κ2) is 11.5. The molecule has 4 nitrogen and oxygen atoms in total. The Hall–Kier alpha value is -2.33. The maximum absolute atomic E-state index is 12.7. The van der Waals surface area contributed by atoms with E-state index in [4.69, 9.17) is 9.47 Å². The summed E-state index contributed by atoms with van der Waals surface area (Å²) in [6.45, 7) is 9.93. The maximum atomic E-state index is 12.7. The van der Waals surface area contributed by atoms with Crippen LogP contribution in [0.4, 0.5) is 0 Å². The van der Waals surface area contributed by atoms with Crippen LogP contribution in [0.5, 0.6) is 5.75 Å². The monoisotopic (exact) mass is 383 g/mol. The van der Waals surface area contributed by atoms with Gasteiger partial charge in [0.15, 0.2) is 0 Å². The van der Waals surface area contributed by atoms with Crippen molar-refractivity contribution in [1.29, 1.82) is 0 Å². The van der Waals surface area contributed by atoms with Gasteiger partial charge < -0.3 is 14.8 Å². The van der Waals surface area contributed by atoms with Crippen LogP contribution in [0.25, 0.3) is 0 Å². The van der Waals surface area contributed by atoms with Gasteiger partial charge in [0.25, 0.3) is 5.91 Å². The normalized spacial score (nSPS) is 12.0. The zero-order valence-electron chi connectivity index (χ0n) is 17.5. The van der Waals surface area contributed by atoms with Gasteiger partial charge in [-0.05, 0) is 56.4 Å². The third kappa shape index (κ3) is 7.35. The summed E-state index contributed by atoms with van der Waals surface area (Å²) >= 11 is 0. The number of carbonyl (C=O) groups excluding carboxylic acids is 1. The van der Waals surface area contributed by atoms with E-state index >= 15 is 0 Å². The molecular weight excluding hydrogens is 350 g/mol. The zero-order valence-corrected chi connectivity index (χ0v) is 17.5. The lowest BCUT2D eigenvalue weighted by atomic mass is 10.1. The van der Waals surface area contributed by atoms with Gasteiger partial charge in [0, 0.05) is 23.8 Å². The minimum atomic E-state index is -0.0614. The van der Waals surface area contributed by atoms with E-state index in [1.165, 1.54) is 5.56 Å². The van der Waals surface area contributed by atoms with E-state index in [0.717, 1.165) is 24.2 Å². The molecule has 0 bridgehead atoms. The van der Waals surface area contributed by atoms with Crippen LogP contribution >= 0.6 is 0 Å². The first-order chi connectivity index (χ1) is 13.5. The first-order valence-electron chi connectivity index (χ1n) is 10.2. The predicted molar refractivity (Wildman–Crippen MR) is 114 cm³/mol. The van der Waals surface area contributed by atoms with Crippen molar-refractivity contribution in [2.75, 3.05) is 13.2 Å². The summed E-state index contributed by atoms with van der Waals surface area (Å²) in [5.74, 6) is 1.18. The highest BCUT2D eigenvalue weighted by molar-refractivity contribution is 5.94. The van der Waals surface area contributed by atoms with Gasteiger partial charge in [0.05, 0.1) is 13.2 Å². The first kappa shape index (κ1) is 22.0. The smallest absolute Gasteiger partial charge is 0.251 e. The van der Waals surface area contributed by atoms with Crippen molar-refractivity contribution < 1.29 is 14.3 Å². The van der Waals surface area contributed by atoms with E-state index in [1.54, 1.807) is 0 Å². The Morgan fingerprint density at radius 3 is 2.50 bits per heavy atom. The summed E-state index contributed by atoms with van der Waals surface area (Å²) in [6.07, 6.45) is 1.84. The summed E-state index contributed by atoms with van der Waals surface area (Å²) < 4.78 is 11.4. The quantitative estimate of drug-likeness (QED) is 0.593. The molecule has 2 aromatic carbocycles. The molecule has 0 heterocycles. The average Bonchev–Trinajstić information content (AvgIpc) is 2.68. The standard InChI is InChI=1S/C24H33NO3/c1-5-28-23-14-13-21(15-22(23)17-27-16-18(2)3)24(26)25-19(4)11-12-20-9-7-6-8-10-20/h6-10,13-15,18-19H,5,11-12,16-17H2,1-4H3,(H,25,26)/t19-/m1/s1. The number of benzene rings is 2. The molecule has 1 N–H and O–H groups in total. The molecule has 0 aliphatic carbocycles. The van der Waals surface area contributed by atoms with Gasteiger partial charge in [0.1, 0.15) is 5.75 Å². The van der Waals surface area contributed by atoms with Crippen LogP contribution < -0.4 is 10.1 Å². The molecule has 2 aromatic rings. The molecular formula is C24H33NO3. The number of carbonyl (C=O) groups is 1. The van der Waals surface area contributed by atoms with E-state index in [0.29, 0.717) is 31.3 Å². The van der Waals surface area contributed by atoms with Crippen LogP contribution in [-0.4, -0.2) is 25.2 Å². The maximum Gasteiger partial charge on any atom is 0.251 e. The highest BCUT2D eigenvalue weighted by atomic mass is 16.5. The van der Waals surface area contributed by atoms with Crippen molar-refractivity contribution in [2.24, 2.45) is 5.92 Å². The van der Waals surface area contributed by atoms with Crippen molar-refractivity contribution >= 4 is 5.91 Å². The van der Waals surface area contributed by atoms with Gasteiger partial charge in [-0.3, -0.25) is 4.79 Å². The SMILES string of the molecule is CCOc1ccc(C(=O)N[C@H](C)CCc2ccccc2)cc1COCC(C)C. The minimum absolute atomic E-state index is 0.0614. The molecule has 0 spiro atoms. The summed E-state index contributed by atoms with van der Waals surface area (Å²) in [6, 6.07) is 16.0. The van der Waals surface area contributed by atoms with Gasteiger partial charge in [-0.1, -0.05) is 44.2 Å².